The summed E-state index contributed by atoms with van der Waals surface area (Å²) in [6.07, 6.45) is 1.61. The Morgan fingerprint density at radius 3 is 2.74 bits per heavy atom. The van der Waals surface area contributed by atoms with Crippen LogP contribution in [0, 0.1) is 6.92 Å². The Hall–Kier alpha value is -1.33. The van der Waals surface area contributed by atoms with E-state index in [-0.39, 0.29) is 0 Å². The van der Waals surface area contributed by atoms with Crippen LogP contribution in [0.15, 0.2) is 29.3 Å². The Bertz CT molecular complexity index is 574. The first-order valence-corrected chi connectivity index (χ1v) is 7.19. The first kappa shape index (κ1) is 14.1. The van der Waals surface area contributed by atoms with Gasteiger partial charge >= 0.3 is 0 Å². The van der Waals surface area contributed by atoms with Gasteiger partial charge in [0.2, 0.25) is 5.95 Å². The molecule has 2 heterocycles. The molecule has 2 aromatic rings. The van der Waals surface area contributed by atoms with Gasteiger partial charge in [-0.3, -0.25) is 0 Å². The molecule has 100 valence electrons. The molecule has 2 rings (SSSR count). The molecule has 6 heteroatoms. The molecule has 2 aromatic heterocycles. The van der Waals surface area contributed by atoms with Crippen molar-refractivity contribution in [1.29, 1.82) is 0 Å². The minimum atomic E-state index is 0.405. The average molecular weight is 295 g/mol. The summed E-state index contributed by atoms with van der Waals surface area (Å²) in [7, 11) is 0. The van der Waals surface area contributed by atoms with Gasteiger partial charge < -0.3 is 5.32 Å². The zero-order chi connectivity index (χ0) is 13.8. The van der Waals surface area contributed by atoms with E-state index >= 15 is 0 Å². The molecule has 0 aromatic carbocycles. The van der Waals surface area contributed by atoms with Crippen LogP contribution < -0.4 is 5.32 Å². The van der Waals surface area contributed by atoms with Crippen LogP contribution in [0.3, 0.4) is 0 Å². The number of hydrogen-bond acceptors (Lipinski definition) is 5. The van der Waals surface area contributed by atoms with E-state index in [1.807, 2.05) is 13.0 Å². The Kier molecular flexibility index (Phi) is 4.61. The lowest BCUT2D eigenvalue weighted by atomic mass is 10.4. The zero-order valence-corrected chi connectivity index (χ0v) is 12.6. The summed E-state index contributed by atoms with van der Waals surface area (Å²) in [4.78, 5) is 13.8. The van der Waals surface area contributed by atoms with Crippen molar-refractivity contribution in [3.8, 4) is 0 Å². The molecule has 0 bridgehead atoms. The number of rotatable bonds is 4. The predicted octanol–water partition coefficient (Wildman–Crippen LogP) is 4.08. The second-order valence-corrected chi connectivity index (χ2v) is 6.36. The average Bonchev–Trinajstić information content (AvgIpc) is 2.26. The third-order valence-electron chi connectivity index (χ3n) is 2.16. The standard InChI is InChI=1S/C13H15ClN4S/c1-8(2)19-10-6-9(3)16-12(7-10)18-13-15-5-4-11(14)17-13/h4-8H,1-3H3,(H,15,16,17,18). The second kappa shape index (κ2) is 6.21. The van der Waals surface area contributed by atoms with Gasteiger partial charge in [0.05, 0.1) is 0 Å². The minimum Gasteiger partial charge on any atom is -0.309 e. The summed E-state index contributed by atoms with van der Waals surface area (Å²) >= 11 is 7.62. The van der Waals surface area contributed by atoms with Crippen molar-refractivity contribution < 1.29 is 0 Å². The Morgan fingerprint density at radius 1 is 1.26 bits per heavy atom. The fraction of sp³-hybridized carbons (Fsp3) is 0.308. The maximum atomic E-state index is 5.83. The summed E-state index contributed by atoms with van der Waals surface area (Å²) in [5, 5.41) is 4.00. The maximum absolute atomic E-state index is 5.83. The van der Waals surface area contributed by atoms with E-state index < -0.39 is 0 Å². The first-order valence-electron chi connectivity index (χ1n) is 5.94. The fourth-order valence-corrected chi connectivity index (χ4v) is 2.65. The van der Waals surface area contributed by atoms with Gasteiger partial charge in [-0.2, -0.15) is 0 Å². The number of aromatic nitrogens is 3. The second-order valence-electron chi connectivity index (χ2n) is 4.32. The van der Waals surface area contributed by atoms with Crippen LogP contribution >= 0.6 is 23.4 Å². The molecule has 4 nitrogen and oxygen atoms in total. The molecule has 1 N–H and O–H groups in total. The summed E-state index contributed by atoms with van der Waals surface area (Å²) in [6, 6.07) is 5.69. The van der Waals surface area contributed by atoms with Gasteiger partial charge in [0.25, 0.3) is 0 Å². The van der Waals surface area contributed by atoms with Crippen molar-refractivity contribution in [3.05, 3.63) is 35.2 Å². The van der Waals surface area contributed by atoms with Gasteiger partial charge in [0.15, 0.2) is 0 Å². The number of nitrogens with zero attached hydrogens (tertiary/aromatic N) is 3. The van der Waals surface area contributed by atoms with E-state index in [9.17, 15) is 0 Å². The van der Waals surface area contributed by atoms with Crippen molar-refractivity contribution >= 4 is 35.1 Å². The fourth-order valence-electron chi connectivity index (χ4n) is 1.55. The molecule has 0 aliphatic heterocycles. The lowest BCUT2D eigenvalue weighted by Crippen LogP contribution is -2.00. The number of anilines is 2. The molecular formula is C13H15ClN4S. The van der Waals surface area contributed by atoms with Gasteiger partial charge in [0.1, 0.15) is 11.0 Å². The summed E-state index contributed by atoms with van der Waals surface area (Å²) in [5.74, 6) is 1.18. The zero-order valence-electron chi connectivity index (χ0n) is 11.0. The normalized spacial score (nSPS) is 10.8. The number of hydrogen-bond donors (Lipinski definition) is 1. The molecule has 0 radical (unpaired) electrons. The van der Waals surface area contributed by atoms with Crippen molar-refractivity contribution in [2.75, 3.05) is 5.32 Å². The molecule has 0 saturated heterocycles. The van der Waals surface area contributed by atoms with Gasteiger partial charge in [-0.15, -0.1) is 11.8 Å². The predicted molar refractivity (Wildman–Crippen MR) is 80.3 cm³/mol. The van der Waals surface area contributed by atoms with E-state index in [0.717, 1.165) is 11.5 Å². The maximum Gasteiger partial charge on any atom is 0.229 e. The molecule has 0 fully saturated rings. The van der Waals surface area contributed by atoms with E-state index in [1.54, 1.807) is 24.0 Å². The van der Waals surface area contributed by atoms with Crippen LogP contribution in [0.5, 0.6) is 0 Å². The Morgan fingerprint density at radius 2 is 2.05 bits per heavy atom. The van der Waals surface area contributed by atoms with Crippen LogP contribution in [0.1, 0.15) is 19.5 Å². The molecule has 0 unspecified atom stereocenters. The van der Waals surface area contributed by atoms with Crippen LogP contribution in [0.25, 0.3) is 0 Å². The molecule has 0 amide bonds. The number of thioether (sulfide) groups is 1. The molecular weight excluding hydrogens is 280 g/mol. The van der Waals surface area contributed by atoms with Gasteiger partial charge in [-0.25, -0.2) is 15.0 Å². The topological polar surface area (TPSA) is 50.7 Å². The van der Waals surface area contributed by atoms with Crippen molar-refractivity contribution in [1.82, 2.24) is 15.0 Å². The lowest BCUT2D eigenvalue weighted by molar-refractivity contribution is 1.09. The highest BCUT2D eigenvalue weighted by Crippen LogP contribution is 2.26. The summed E-state index contributed by atoms with van der Waals surface area (Å²) in [5.41, 5.74) is 0.954. The first-order chi connectivity index (χ1) is 9.02. The number of aryl methyl sites for hydroxylation is 1. The summed E-state index contributed by atoms with van der Waals surface area (Å²) < 4.78 is 0. The molecule has 0 saturated carbocycles. The minimum absolute atomic E-state index is 0.405. The third-order valence-corrected chi connectivity index (χ3v) is 3.35. The molecule has 19 heavy (non-hydrogen) atoms. The largest absolute Gasteiger partial charge is 0.309 e. The van der Waals surface area contributed by atoms with Crippen LogP contribution in [0.2, 0.25) is 5.15 Å². The quantitative estimate of drug-likeness (QED) is 0.680. The smallest absolute Gasteiger partial charge is 0.229 e. The SMILES string of the molecule is Cc1cc(SC(C)C)cc(Nc2nccc(Cl)n2)n1. The van der Waals surface area contributed by atoms with Gasteiger partial charge in [-0.1, -0.05) is 25.4 Å². The van der Waals surface area contributed by atoms with Crippen LogP contribution in [0.4, 0.5) is 11.8 Å². The van der Waals surface area contributed by atoms with Crippen LogP contribution in [-0.2, 0) is 0 Å². The van der Waals surface area contributed by atoms with E-state index in [2.05, 4.69) is 40.2 Å². The highest BCUT2D eigenvalue weighted by Gasteiger charge is 2.05. The summed E-state index contributed by atoms with van der Waals surface area (Å²) in [6.45, 7) is 6.29. The highest BCUT2D eigenvalue weighted by molar-refractivity contribution is 7.99. The van der Waals surface area contributed by atoms with Gasteiger partial charge in [0, 0.05) is 22.0 Å². The number of nitrogens with one attached hydrogen (secondary N) is 1. The van der Waals surface area contributed by atoms with Crippen LogP contribution in [-0.4, -0.2) is 20.2 Å². The Balaban J connectivity index is 2.22. The van der Waals surface area contributed by atoms with E-state index in [4.69, 9.17) is 11.6 Å². The lowest BCUT2D eigenvalue weighted by Gasteiger charge is -2.09. The molecule has 0 spiro atoms. The van der Waals surface area contributed by atoms with E-state index in [1.165, 1.54) is 4.90 Å². The van der Waals surface area contributed by atoms with Gasteiger partial charge in [-0.05, 0) is 25.1 Å². The Labute approximate surface area is 122 Å². The monoisotopic (exact) mass is 294 g/mol. The highest BCUT2D eigenvalue weighted by atomic mass is 35.5. The molecule has 0 aliphatic carbocycles. The number of pyridine rings is 1. The number of halogens is 1. The van der Waals surface area contributed by atoms with Crippen molar-refractivity contribution in [2.45, 2.75) is 30.9 Å². The molecule has 0 aliphatic rings. The van der Waals surface area contributed by atoms with E-state index in [0.29, 0.717) is 16.4 Å². The van der Waals surface area contributed by atoms with Crippen molar-refractivity contribution in [3.63, 3.8) is 0 Å². The third kappa shape index (κ3) is 4.36. The molecule has 0 atom stereocenters. The van der Waals surface area contributed by atoms with Crippen molar-refractivity contribution in [2.24, 2.45) is 0 Å².